The van der Waals surface area contributed by atoms with Gasteiger partial charge in [0.05, 0.1) is 5.69 Å². The molecule has 2 aromatic carbocycles. The Morgan fingerprint density at radius 3 is 2.68 bits per heavy atom. The molecule has 1 aliphatic heterocycles. The van der Waals surface area contributed by atoms with Crippen molar-refractivity contribution in [2.75, 3.05) is 13.2 Å². The van der Waals surface area contributed by atoms with Gasteiger partial charge in [-0.25, -0.2) is 9.37 Å². The minimum atomic E-state index is -0.275. The van der Waals surface area contributed by atoms with E-state index in [2.05, 4.69) is 15.1 Å². The summed E-state index contributed by atoms with van der Waals surface area (Å²) in [6.45, 7) is 1.14. The largest absolute Gasteiger partial charge is 0.486 e. The first-order valence-corrected chi connectivity index (χ1v) is 9.74. The predicted molar refractivity (Wildman–Crippen MR) is 103 cm³/mol. The fraction of sp³-hybridized carbons (Fsp3) is 0.150. The lowest BCUT2D eigenvalue weighted by atomic mass is 10.1. The third kappa shape index (κ3) is 3.27. The molecular formula is C20H15FN4O2S. The third-order valence-electron chi connectivity index (χ3n) is 4.34. The topological polar surface area (TPSA) is 61.5 Å². The number of nitrogens with zero attached hydrogens (tertiary/aromatic N) is 4. The van der Waals surface area contributed by atoms with Gasteiger partial charge < -0.3 is 9.47 Å². The lowest BCUT2D eigenvalue weighted by molar-refractivity contribution is 0.171. The molecule has 2 aromatic heterocycles. The average molecular weight is 394 g/mol. The van der Waals surface area contributed by atoms with Crippen molar-refractivity contribution < 1.29 is 13.9 Å². The van der Waals surface area contributed by atoms with Crippen molar-refractivity contribution in [2.45, 2.75) is 10.9 Å². The molecule has 0 saturated carbocycles. The Labute approximate surface area is 164 Å². The van der Waals surface area contributed by atoms with Crippen LogP contribution in [0.1, 0.15) is 5.56 Å². The van der Waals surface area contributed by atoms with Gasteiger partial charge in [0, 0.05) is 17.5 Å². The van der Waals surface area contributed by atoms with Crippen LogP contribution in [0.15, 0.2) is 59.9 Å². The minimum absolute atomic E-state index is 0.275. The van der Waals surface area contributed by atoms with Crippen molar-refractivity contribution in [3.63, 3.8) is 0 Å². The molecule has 28 heavy (non-hydrogen) atoms. The number of benzene rings is 2. The number of ether oxygens (including phenoxy) is 2. The summed E-state index contributed by atoms with van der Waals surface area (Å²) < 4.78 is 26.1. The number of fused-ring (bicyclic) bond motifs is 2. The minimum Gasteiger partial charge on any atom is -0.486 e. The van der Waals surface area contributed by atoms with Gasteiger partial charge in [0.2, 0.25) is 5.16 Å². The van der Waals surface area contributed by atoms with E-state index < -0.39 is 0 Å². The first-order valence-electron chi connectivity index (χ1n) is 8.75. The zero-order chi connectivity index (χ0) is 18.9. The van der Waals surface area contributed by atoms with E-state index in [9.17, 15) is 4.39 Å². The Morgan fingerprint density at radius 2 is 1.82 bits per heavy atom. The number of hydrogen-bond donors (Lipinski definition) is 0. The van der Waals surface area contributed by atoms with Gasteiger partial charge in [0.25, 0.3) is 5.78 Å². The van der Waals surface area contributed by atoms with Crippen molar-refractivity contribution in [1.29, 1.82) is 0 Å². The molecule has 1 aliphatic rings. The van der Waals surface area contributed by atoms with Crippen LogP contribution in [0.25, 0.3) is 17.0 Å². The van der Waals surface area contributed by atoms with Crippen molar-refractivity contribution >= 4 is 17.5 Å². The molecule has 0 fully saturated rings. The first kappa shape index (κ1) is 17.0. The molecule has 0 unspecified atom stereocenters. The number of halogens is 1. The molecule has 140 valence electrons. The van der Waals surface area contributed by atoms with Crippen LogP contribution in [0, 0.1) is 5.82 Å². The van der Waals surface area contributed by atoms with Gasteiger partial charge in [-0.1, -0.05) is 17.8 Å². The molecule has 3 heterocycles. The second kappa shape index (κ2) is 7.12. The van der Waals surface area contributed by atoms with E-state index >= 15 is 0 Å². The fourth-order valence-corrected chi connectivity index (χ4v) is 3.76. The second-order valence-electron chi connectivity index (χ2n) is 6.21. The van der Waals surface area contributed by atoms with Crippen molar-refractivity contribution in [2.24, 2.45) is 0 Å². The smallest absolute Gasteiger partial charge is 0.253 e. The van der Waals surface area contributed by atoms with E-state index in [4.69, 9.17) is 9.47 Å². The second-order valence-corrected chi connectivity index (χ2v) is 7.15. The van der Waals surface area contributed by atoms with Crippen LogP contribution in [0.5, 0.6) is 11.5 Å². The third-order valence-corrected chi connectivity index (χ3v) is 5.24. The van der Waals surface area contributed by atoms with E-state index in [1.807, 2.05) is 24.3 Å². The molecule has 0 atom stereocenters. The van der Waals surface area contributed by atoms with Crippen LogP contribution in [-0.4, -0.2) is 32.8 Å². The fourth-order valence-electron chi connectivity index (χ4n) is 3.00. The Hall–Kier alpha value is -3.13. The van der Waals surface area contributed by atoms with E-state index in [0.29, 0.717) is 29.9 Å². The molecule has 8 heteroatoms. The maximum Gasteiger partial charge on any atom is 0.253 e. The zero-order valence-corrected chi connectivity index (χ0v) is 15.5. The van der Waals surface area contributed by atoms with Crippen LogP contribution >= 0.6 is 11.8 Å². The van der Waals surface area contributed by atoms with Gasteiger partial charge in [-0.05, 0) is 48.0 Å². The molecule has 0 saturated heterocycles. The van der Waals surface area contributed by atoms with Gasteiger partial charge in [-0.2, -0.15) is 9.50 Å². The van der Waals surface area contributed by atoms with Gasteiger partial charge >= 0.3 is 0 Å². The van der Waals surface area contributed by atoms with Gasteiger partial charge in [-0.15, -0.1) is 5.10 Å². The first-order chi connectivity index (χ1) is 13.8. The molecule has 0 aliphatic carbocycles. The SMILES string of the molecule is Fc1ccc(-c2ccnc3nc(SCc4ccc5c(c4)OCCO5)nn23)cc1. The standard InChI is InChI=1S/C20H15FN4O2S/c21-15-4-2-14(3-5-15)16-7-8-22-19-23-20(24-25(16)19)28-12-13-1-6-17-18(11-13)27-10-9-26-17/h1-8,11H,9-10,12H2. The highest BCUT2D eigenvalue weighted by molar-refractivity contribution is 7.98. The number of hydrogen-bond acceptors (Lipinski definition) is 6. The average Bonchev–Trinajstić information content (AvgIpc) is 3.16. The molecule has 5 rings (SSSR count). The highest BCUT2D eigenvalue weighted by Gasteiger charge is 2.14. The predicted octanol–water partition coefficient (Wildman–Crippen LogP) is 3.99. The van der Waals surface area contributed by atoms with Gasteiger partial charge in [-0.3, -0.25) is 0 Å². The van der Waals surface area contributed by atoms with Gasteiger partial charge in [0.1, 0.15) is 19.0 Å². The van der Waals surface area contributed by atoms with Gasteiger partial charge in [0.15, 0.2) is 11.5 Å². The van der Waals surface area contributed by atoms with Crippen LogP contribution in [-0.2, 0) is 5.75 Å². The zero-order valence-electron chi connectivity index (χ0n) is 14.7. The highest BCUT2D eigenvalue weighted by Crippen LogP contribution is 2.32. The molecular weight excluding hydrogens is 379 g/mol. The molecule has 0 spiro atoms. The van der Waals surface area contributed by atoms with Crippen LogP contribution in [0.2, 0.25) is 0 Å². The van der Waals surface area contributed by atoms with Crippen molar-refractivity contribution in [3.05, 3.63) is 66.1 Å². The molecule has 0 N–H and O–H groups in total. The van der Waals surface area contributed by atoms with Crippen LogP contribution < -0.4 is 9.47 Å². The summed E-state index contributed by atoms with van der Waals surface area (Å²) in [6.07, 6.45) is 1.68. The normalized spacial score (nSPS) is 13.0. The lowest BCUT2D eigenvalue weighted by Gasteiger charge is -2.18. The maximum absolute atomic E-state index is 13.2. The van der Waals surface area contributed by atoms with Crippen molar-refractivity contribution in [3.8, 4) is 22.8 Å². The Kier molecular flexibility index (Phi) is 4.32. The summed E-state index contributed by atoms with van der Waals surface area (Å²) in [5.74, 6) is 2.47. The van der Waals surface area contributed by atoms with E-state index in [1.165, 1.54) is 23.9 Å². The molecule has 0 bridgehead atoms. The summed E-state index contributed by atoms with van der Waals surface area (Å²) in [4.78, 5) is 8.78. The molecule has 0 amide bonds. The number of aromatic nitrogens is 4. The maximum atomic E-state index is 13.2. The molecule has 0 radical (unpaired) electrons. The number of thioether (sulfide) groups is 1. The highest BCUT2D eigenvalue weighted by atomic mass is 32.2. The molecule has 4 aromatic rings. The Morgan fingerprint density at radius 1 is 1.00 bits per heavy atom. The van der Waals surface area contributed by atoms with E-state index in [1.54, 1.807) is 22.8 Å². The van der Waals surface area contributed by atoms with E-state index in [-0.39, 0.29) is 5.82 Å². The van der Waals surface area contributed by atoms with Crippen LogP contribution in [0.3, 0.4) is 0 Å². The summed E-state index contributed by atoms with van der Waals surface area (Å²) >= 11 is 1.52. The Bertz CT molecular complexity index is 1150. The van der Waals surface area contributed by atoms with Crippen molar-refractivity contribution in [1.82, 2.24) is 19.6 Å². The Balaban J connectivity index is 1.40. The summed E-state index contributed by atoms with van der Waals surface area (Å²) in [5.41, 5.74) is 2.76. The van der Waals surface area contributed by atoms with Crippen LogP contribution in [0.4, 0.5) is 4.39 Å². The molecule has 6 nitrogen and oxygen atoms in total. The number of rotatable bonds is 4. The summed E-state index contributed by atoms with van der Waals surface area (Å²) in [6, 6.07) is 14.0. The monoisotopic (exact) mass is 394 g/mol. The summed E-state index contributed by atoms with van der Waals surface area (Å²) in [5, 5.41) is 5.19. The lowest BCUT2D eigenvalue weighted by Crippen LogP contribution is -2.15. The summed E-state index contributed by atoms with van der Waals surface area (Å²) in [7, 11) is 0. The van der Waals surface area contributed by atoms with E-state index in [0.717, 1.165) is 28.3 Å². The quantitative estimate of drug-likeness (QED) is 0.488.